The number of ether oxygens (including phenoxy) is 2. The second kappa shape index (κ2) is 13.7. The maximum Gasteiger partial charge on any atom is 0.264 e. The predicted molar refractivity (Wildman–Crippen MR) is 165 cm³/mol. The molecule has 43 heavy (non-hydrogen) atoms. The predicted octanol–water partition coefficient (Wildman–Crippen LogP) is 5.17. The number of halogens is 1. The lowest BCUT2D eigenvalue weighted by molar-refractivity contribution is -0.139. The Balaban J connectivity index is 1.47. The van der Waals surface area contributed by atoms with Gasteiger partial charge < -0.3 is 19.7 Å². The fraction of sp³-hybridized carbons (Fsp3) is 0.375. The number of hydrogen-bond acceptors (Lipinski definition) is 6. The minimum Gasteiger partial charge on any atom is -0.486 e. The Morgan fingerprint density at radius 2 is 1.60 bits per heavy atom. The normalized spacial score (nSPS) is 15.8. The van der Waals surface area contributed by atoms with Crippen LogP contribution in [0.5, 0.6) is 11.5 Å². The first-order valence-corrected chi connectivity index (χ1v) is 16.4. The van der Waals surface area contributed by atoms with Crippen LogP contribution in [0.3, 0.4) is 0 Å². The van der Waals surface area contributed by atoms with Crippen LogP contribution in [0, 0.1) is 0 Å². The van der Waals surface area contributed by atoms with E-state index in [-0.39, 0.29) is 29.1 Å². The molecule has 2 aliphatic rings. The van der Waals surface area contributed by atoms with E-state index in [0.717, 1.165) is 42.0 Å². The molecule has 3 aromatic rings. The fourth-order valence-corrected chi connectivity index (χ4v) is 6.93. The molecule has 0 radical (unpaired) electrons. The zero-order valence-corrected chi connectivity index (χ0v) is 25.6. The van der Waals surface area contributed by atoms with Gasteiger partial charge in [0.25, 0.3) is 10.0 Å². The molecule has 1 heterocycles. The molecule has 0 aromatic heterocycles. The minimum absolute atomic E-state index is 0.0324. The molecule has 1 aliphatic heterocycles. The molecule has 3 aromatic carbocycles. The van der Waals surface area contributed by atoms with E-state index in [2.05, 4.69) is 5.32 Å². The number of anilines is 1. The average molecular weight is 626 g/mol. The van der Waals surface area contributed by atoms with Gasteiger partial charge in [-0.15, -0.1) is 0 Å². The summed E-state index contributed by atoms with van der Waals surface area (Å²) in [4.78, 5) is 29.1. The van der Waals surface area contributed by atoms with E-state index in [9.17, 15) is 18.0 Å². The first-order valence-electron chi connectivity index (χ1n) is 14.5. The first kappa shape index (κ1) is 30.7. The number of rotatable bonds is 10. The zero-order chi connectivity index (χ0) is 30.4. The van der Waals surface area contributed by atoms with Crippen molar-refractivity contribution in [2.24, 2.45) is 0 Å². The van der Waals surface area contributed by atoms with Crippen molar-refractivity contribution in [1.82, 2.24) is 10.2 Å². The van der Waals surface area contributed by atoms with Gasteiger partial charge in [0.15, 0.2) is 11.5 Å². The third kappa shape index (κ3) is 7.43. The lowest BCUT2D eigenvalue weighted by Gasteiger charge is -2.33. The topological polar surface area (TPSA) is 105 Å². The molecule has 1 saturated carbocycles. The SMILES string of the molecule is CC(C(=O)NC1CCCCC1)N(Cc1ccc(Cl)cc1)C(=O)CN(c1ccc2c(c1)OCCO2)S(=O)(=O)c1ccccc1. The van der Waals surface area contributed by atoms with Crippen LogP contribution in [-0.4, -0.2) is 57.0 Å². The molecule has 11 heteroatoms. The Morgan fingerprint density at radius 1 is 0.930 bits per heavy atom. The summed E-state index contributed by atoms with van der Waals surface area (Å²) >= 11 is 6.09. The Kier molecular flexibility index (Phi) is 9.77. The maximum absolute atomic E-state index is 14.2. The van der Waals surface area contributed by atoms with Crippen LogP contribution in [0.25, 0.3) is 0 Å². The van der Waals surface area contributed by atoms with Gasteiger partial charge in [0, 0.05) is 23.7 Å². The van der Waals surface area contributed by atoms with Gasteiger partial charge in [-0.05, 0) is 61.7 Å². The third-order valence-electron chi connectivity index (χ3n) is 7.81. The Bertz CT molecular complexity index is 1530. The summed E-state index contributed by atoms with van der Waals surface area (Å²) in [6.45, 7) is 1.94. The highest BCUT2D eigenvalue weighted by Crippen LogP contribution is 2.36. The van der Waals surface area contributed by atoms with Crippen LogP contribution in [0.2, 0.25) is 5.02 Å². The number of carbonyl (C=O) groups excluding carboxylic acids is 2. The molecule has 9 nitrogen and oxygen atoms in total. The van der Waals surface area contributed by atoms with E-state index < -0.39 is 28.5 Å². The molecule has 2 amide bonds. The summed E-state index contributed by atoms with van der Waals surface area (Å²) in [5.74, 6) is 0.0834. The summed E-state index contributed by atoms with van der Waals surface area (Å²) in [5.41, 5.74) is 0.999. The van der Waals surface area contributed by atoms with Crippen LogP contribution in [0.15, 0.2) is 77.7 Å². The molecule has 0 spiro atoms. The highest BCUT2D eigenvalue weighted by Gasteiger charge is 2.33. The number of carbonyl (C=O) groups is 2. The Morgan fingerprint density at radius 3 is 2.30 bits per heavy atom. The fourth-order valence-electron chi connectivity index (χ4n) is 5.37. The second-order valence-electron chi connectivity index (χ2n) is 10.8. The molecule has 0 bridgehead atoms. The van der Waals surface area contributed by atoms with Gasteiger partial charge in [-0.1, -0.05) is 61.2 Å². The molecule has 0 saturated heterocycles. The summed E-state index contributed by atoms with van der Waals surface area (Å²) in [5, 5.41) is 3.65. The van der Waals surface area contributed by atoms with E-state index in [1.54, 1.807) is 67.6 Å². The van der Waals surface area contributed by atoms with Gasteiger partial charge in [-0.2, -0.15) is 0 Å². The highest BCUT2D eigenvalue weighted by molar-refractivity contribution is 7.92. The minimum atomic E-state index is -4.18. The van der Waals surface area contributed by atoms with Crippen molar-refractivity contribution in [1.29, 1.82) is 0 Å². The number of nitrogens with zero attached hydrogens (tertiary/aromatic N) is 2. The van der Waals surface area contributed by atoms with Crippen LogP contribution >= 0.6 is 11.6 Å². The molecule has 1 unspecified atom stereocenters. The Labute approximate surface area is 257 Å². The molecule has 5 rings (SSSR count). The number of benzene rings is 3. The molecule has 1 fully saturated rings. The number of hydrogen-bond donors (Lipinski definition) is 1. The van der Waals surface area contributed by atoms with Crippen molar-refractivity contribution < 1.29 is 27.5 Å². The zero-order valence-electron chi connectivity index (χ0n) is 24.1. The molecule has 1 aliphatic carbocycles. The second-order valence-corrected chi connectivity index (χ2v) is 13.1. The maximum atomic E-state index is 14.2. The van der Waals surface area contributed by atoms with Crippen molar-refractivity contribution in [3.8, 4) is 11.5 Å². The van der Waals surface area contributed by atoms with E-state index in [0.29, 0.717) is 29.7 Å². The summed E-state index contributed by atoms with van der Waals surface area (Å²) in [6, 6.07) is 18.9. The van der Waals surface area contributed by atoms with Gasteiger partial charge in [0.1, 0.15) is 25.8 Å². The number of amides is 2. The molecule has 1 N–H and O–H groups in total. The van der Waals surface area contributed by atoms with Gasteiger partial charge in [-0.25, -0.2) is 8.42 Å². The average Bonchev–Trinajstić information content (AvgIpc) is 3.03. The summed E-state index contributed by atoms with van der Waals surface area (Å²) < 4.78 is 40.4. The smallest absolute Gasteiger partial charge is 0.264 e. The molecular weight excluding hydrogens is 590 g/mol. The largest absolute Gasteiger partial charge is 0.486 e. The monoisotopic (exact) mass is 625 g/mol. The first-order chi connectivity index (χ1) is 20.7. The van der Waals surface area contributed by atoms with E-state index >= 15 is 0 Å². The molecular formula is C32H36ClN3O6S. The highest BCUT2D eigenvalue weighted by atomic mass is 35.5. The van der Waals surface area contributed by atoms with E-state index in [1.165, 1.54) is 17.0 Å². The Hall–Kier alpha value is -3.76. The molecule has 1 atom stereocenters. The third-order valence-corrected chi connectivity index (χ3v) is 9.85. The van der Waals surface area contributed by atoms with E-state index in [1.807, 2.05) is 0 Å². The lowest BCUT2D eigenvalue weighted by atomic mass is 9.95. The number of nitrogens with one attached hydrogen (secondary N) is 1. The quantitative estimate of drug-likeness (QED) is 0.333. The number of sulfonamides is 1. The van der Waals surface area contributed by atoms with Gasteiger partial charge in [0.05, 0.1) is 10.6 Å². The van der Waals surface area contributed by atoms with Crippen LogP contribution < -0.4 is 19.1 Å². The van der Waals surface area contributed by atoms with Crippen LogP contribution in [-0.2, 0) is 26.2 Å². The van der Waals surface area contributed by atoms with Crippen molar-refractivity contribution >= 4 is 39.1 Å². The van der Waals surface area contributed by atoms with Crippen molar-refractivity contribution in [2.75, 3.05) is 24.1 Å². The van der Waals surface area contributed by atoms with E-state index in [4.69, 9.17) is 21.1 Å². The lowest BCUT2D eigenvalue weighted by Crippen LogP contribution is -2.53. The van der Waals surface area contributed by atoms with Crippen molar-refractivity contribution in [3.63, 3.8) is 0 Å². The van der Waals surface area contributed by atoms with Gasteiger partial charge in [0.2, 0.25) is 11.8 Å². The van der Waals surface area contributed by atoms with Gasteiger partial charge in [-0.3, -0.25) is 13.9 Å². The standard InChI is InChI=1S/C32H36ClN3O6S/c1-23(32(38)34-26-8-4-2-5-9-26)35(21-24-12-14-25(33)15-13-24)31(37)22-36(43(39,40)28-10-6-3-7-11-28)27-16-17-29-30(20-27)42-19-18-41-29/h3,6-7,10-17,20,23,26H,2,4-5,8-9,18-19,21-22H2,1H3,(H,34,38). The number of fused-ring (bicyclic) bond motifs is 1. The summed E-state index contributed by atoms with van der Waals surface area (Å²) in [6.07, 6.45) is 5.05. The molecule has 228 valence electrons. The summed E-state index contributed by atoms with van der Waals surface area (Å²) in [7, 11) is -4.18. The van der Waals surface area contributed by atoms with Crippen molar-refractivity contribution in [2.45, 2.75) is 62.6 Å². The van der Waals surface area contributed by atoms with Crippen molar-refractivity contribution in [3.05, 3.63) is 83.4 Å². The van der Waals surface area contributed by atoms with Crippen LogP contribution in [0.1, 0.15) is 44.6 Å². The van der Waals surface area contributed by atoms with Crippen LogP contribution in [0.4, 0.5) is 5.69 Å². The van der Waals surface area contributed by atoms with Gasteiger partial charge >= 0.3 is 0 Å².